The van der Waals surface area contributed by atoms with E-state index in [1.54, 1.807) is 0 Å². The molecule has 1 aromatic rings. The summed E-state index contributed by atoms with van der Waals surface area (Å²) in [6, 6.07) is 4.06. The van der Waals surface area contributed by atoms with Gasteiger partial charge in [-0.25, -0.2) is 0 Å². The SMILES string of the molecule is COc1c(C(=O)NCCO)cccc1[N+](=O)[O-]. The third kappa shape index (κ3) is 2.91. The van der Waals surface area contributed by atoms with Gasteiger partial charge in [-0.15, -0.1) is 0 Å². The normalized spacial score (nSPS) is 9.76. The maximum atomic E-state index is 11.6. The smallest absolute Gasteiger partial charge is 0.311 e. The highest BCUT2D eigenvalue weighted by Crippen LogP contribution is 2.30. The van der Waals surface area contributed by atoms with Crippen LogP contribution in [0, 0.1) is 10.1 Å². The van der Waals surface area contributed by atoms with E-state index >= 15 is 0 Å². The minimum absolute atomic E-state index is 0.0650. The number of para-hydroxylation sites is 1. The van der Waals surface area contributed by atoms with E-state index in [-0.39, 0.29) is 30.2 Å². The third-order valence-electron chi connectivity index (χ3n) is 2.04. The summed E-state index contributed by atoms with van der Waals surface area (Å²) in [5.74, 6) is -0.618. The summed E-state index contributed by atoms with van der Waals surface area (Å²) in [6.45, 7) is -0.131. The van der Waals surface area contributed by atoms with Crippen LogP contribution in [0.25, 0.3) is 0 Å². The number of hydrogen-bond acceptors (Lipinski definition) is 5. The van der Waals surface area contributed by atoms with E-state index in [1.165, 1.54) is 25.3 Å². The number of nitro groups is 1. The molecule has 0 aromatic heterocycles. The van der Waals surface area contributed by atoms with Crippen LogP contribution >= 0.6 is 0 Å². The third-order valence-corrected chi connectivity index (χ3v) is 2.04. The monoisotopic (exact) mass is 240 g/mol. The van der Waals surface area contributed by atoms with Crippen LogP contribution in [-0.4, -0.2) is 36.2 Å². The molecule has 0 saturated carbocycles. The van der Waals surface area contributed by atoms with E-state index in [9.17, 15) is 14.9 Å². The Morgan fingerprint density at radius 3 is 2.82 bits per heavy atom. The summed E-state index contributed by atoms with van der Waals surface area (Å²) in [5, 5.41) is 21.7. The zero-order chi connectivity index (χ0) is 12.8. The summed E-state index contributed by atoms with van der Waals surface area (Å²) >= 11 is 0. The maximum absolute atomic E-state index is 11.6. The highest BCUT2D eigenvalue weighted by atomic mass is 16.6. The Hall–Kier alpha value is -2.15. The second-order valence-electron chi connectivity index (χ2n) is 3.09. The maximum Gasteiger partial charge on any atom is 0.311 e. The molecule has 1 rings (SSSR count). The molecule has 0 saturated heterocycles. The van der Waals surface area contributed by atoms with Crippen molar-refractivity contribution in [3.63, 3.8) is 0 Å². The molecule has 7 nitrogen and oxygen atoms in total. The van der Waals surface area contributed by atoms with Crippen LogP contribution in [0.3, 0.4) is 0 Å². The number of nitro benzene ring substituents is 1. The number of aliphatic hydroxyl groups excluding tert-OH is 1. The van der Waals surface area contributed by atoms with Crippen molar-refractivity contribution >= 4 is 11.6 Å². The van der Waals surface area contributed by atoms with Crippen molar-refractivity contribution < 1.29 is 19.6 Å². The first-order valence-electron chi connectivity index (χ1n) is 4.82. The molecule has 0 bridgehead atoms. The fourth-order valence-electron chi connectivity index (χ4n) is 1.33. The largest absolute Gasteiger partial charge is 0.490 e. The number of ether oxygens (including phenoxy) is 1. The Morgan fingerprint density at radius 1 is 1.59 bits per heavy atom. The minimum atomic E-state index is -0.623. The van der Waals surface area contributed by atoms with Gasteiger partial charge in [0.15, 0.2) is 0 Å². The van der Waals surface area contributed by atoms with Gasteiger partial charge in [0.1, 0.15) is 0 Å². The first kappa shape index (κ1) is 12.9. The molecule has 0 aliphatic carbocycles. The summed E-state index contributed by atoms with van der Waals surface area (Å²) < 4.78 is 4.87. The van der Waals surface area contributed by atoms with Gasteiger partial charge in [0.2, 0.25) is 5.75 Å². The molecule has 0 spiro atoms. The molecule has 2 N–H and O–H groups in total. The van der Waals surface area contributed by atoms with Gasteiger partial charge in [-0.3, -0.25) is 14.9 Å². The minimum Gasteiger partial charge on any atom is -0.490 e. The number of benzene rings is 1. The first-order chi connectivity index (χ1) is 8.11. The molecular weight excluding hydrogens is 228 g/mol. The average Bonchev–Trinajstić information content (AvgIpc) is 2.34. The Labute approximate surface area is 97.2 Å². The standard InChI is InChI=1S/C10H12N2O5/c1-17-9-7(10(14)11-5-6-13)3-2-4-8(9)12(15)16/h2-4,13H,5-6H2,1H3,(H,11,14). The van der Waals surface area contributed by atoms with Crippen molar-refractivity contribution in [3.05, 3.63) is 33.9 Å². The van der Waals surface area contributed by atoms with Crippen LogP contribution in [0.5, 0.6) is 5.75 Å². The Balaban J connectivity index is 3.11. The van der Waals surface area contributed by atoms with Crippen molar-refractivity contribution in [2.24, 2.45) is 0 Å². The number of rotatable bonds is 5. The second-order valence-corrected chi connectivity index (χ2v) is 3.09. The summed E-state index contributed by atoms with van der Waals surface area (Å²) in [7, 11) is 1.26. The van der Waals surface area contributed by atoms with E-state index in [0.717, 1.165) is 0 Å². The number of carbonyl (C=O) groups excluding carboxylic acids is 1. The number of methoxy groups -OCH3 is 1. The number of carbonyl (C=O) groups is 1. The van der Waals surface area contributed by atoms with Gasteiger partial charge in [-0.2, -0.15) is 0 Å². The van der Waals surface area contributed by atoms with E-state index in [4.69, 9.17) is 9.84 Å². The van der Waals surface area contributed by atoms with Gasteiger partial charge in [-0.05, 0) is 6.07 Å². The van der Waals surface area contributed by atoms with Gasteiger partial charge in [0, 0.05) is 12.6 Å². The van der Waals surface area contributed by atoms with Crippen molar-refractivity contribution in [2.45, 2.75) is 0 Å². The summed E-state index contributed by atoms with van der Waals surface area (Å²) in [4.78, 5) is 21.7. The molecule has 92 valence electrons. The lowest BCUT2D eigenvalue weighted by atomic mass is 10.1. The van der Waals surface area contributed by atoms with Gasteiger partial charge in [0.25, 0.3) is 5.91 Å². The summed E-state index contributed by atoms with van der Waals surface area (Å²) in [5.41, 5.74) is -0.209. The molecule has 0 unspecified atom stereocenters. The van der Waals surface area contributed by atoms with Gasteiger partial charge >= 0.3 is 5.69 Å². The van der Waals surface area contributed by atoms with E-state index in [1.807, 2.05) is 0 Å². The fraction of sp³-hybridized carbons (Fsp3) is 0.300. The van der Waals surface area contributed by atoms with E-state index in [0.29, 0.717) is 0 Å². The number of hydrogen-bond donors (Lipinski definition) is 2. The van der Waals surface area contributed by atoms with Crippen LogP contribution in [0.15, 0.2) is 18.2 Å². The lowest BCUT2D eigenvalue weighted by Crippen LogP contribution is -2.26. The fourth-order valence-corrected chi connectivity index (χ4v) is 1.33. The topological polar surface area (TPSA) is 102 Å². The van der Waals surface area contributed by atoms with E-state index < -0.39 is 10.8 Å². The molecule has 1 amide bonds. The Bertz CT molecular complexity index is 433. The predicted molar refractivity (Wildman–Crippen MR) is 59.1 cm³/mol. The Morgan fingerprint density at radius 2 is 2.29 bits per heavy atom. The first-order valence-corrected chi connectivity index (χ1v) is 4.82. The molecule has 0 atom stereocenters. The average molecular weight is 240 g/mol. The molecular formula is C10H12N2O5. The van der Waals surface area contributed by atoms with Gasteiger partial charge in [-0.1, -0.05) is 6.07 Å². The van der Waals surface area contributed by atoms with Crippen LogP contribution in [0.4, 0.5) is 5.69 Å². The zero-order valence-corrected chi connectivity index (χ0v) is 9.17. The number of amides is 1. The number of nitrogens with zero attached hydrogens (tertiary/aromatic N) is 1. The molecule has 17 heavy (non-hydrogen) atoms. The van der Waals surface area contributed by atoms with Crippen molar-refractivity contribution in [1.29, 1.82) is 0 Å². The van der Waals surface area contributed by atoms with Crippen LogP contribution < -0.4 is 10.1 Å². The summed E-state index contributed by atoms with van der Waals surface area (Å²) in [6.07, 6.45) is 0. The highest BCUT2D eigenvalue weighted by molar-refractivity contribution is 5.98. The van der Waals surface area contributed by atoms with Crippen LogP contribution in [0.2, 0.25) is 0 Å². The second kappa shape index (κ2) is 5.80. The molecule has 1 aromatic carbocycles. The molecule has 0 aliphatic heterocycles. The molecule has 0 fully saturated rings. The zero-order valence-electron chi connectivity index (χ0n) is 9.17. The molecule has 0 radical (unpaired) electrons. The Kier molecular flexibility index (Phi) is 4.41. The van der Waals surface area contributed by atoms with Crippen LogP contribution in [-0.2, 0) is 0 Å². The number of aliphatic hydroxyl groups is 1. The van der Waals surface area contributed by atoms with Crippen LogP contribution in [0.1, 0.15) is 10.4 Å². The van der Waals surface area contributed by atoms with Crippen molar-refractivity contribution in [3.8, 4) is 5.75 Å². The van der Waals surface area contributed by atoms with Crippen molar-refractivity contribution in [2.75, 3.05) is 20.3 Å². The molecule has 7 heteroatoms. The molecule has 0 heterocycles. The molecule has 0 aliphatic rings. The highest BCUT2D eigenvalue weighted by Gasteiger charge is 2.21. The number of nitrogens with one attached hydrogen (secondary N) is 1. The van der Waals surface area contributed by atoms with Gasteiger partial charge in [0.05, 0.1) is 24.2 Å². The van der Waals surface area contributed by atoms with Gasteiger partial charge < -0.3 is 15.2 Å². The van der Waals surface area contributed by atoms with E-state index in [2.05, 4.69) is 5.32 Å². The predicted octanol–water partition coefficient (Wildman–Crippen LogP) is 0.325. The lowest BCUT2D eigenvalue weighted by molar-refractivity contribution is -0.385. The quantitative estimate of drug-likeness (QED) is 0.570. The lowest BCUT2D eigenvalue weighted by Gasteiger charge is -2.08. The van der Waals surface area contributed by atoms with Crippen molar-refractivity contribution in [1.82, 2.24) is 5.32 Å².